The fourth-order valence-electron chi connectivity index (χ4n) is 5.17. The maximum atomic E-state index is 13.1. The van der Waals surface area contributed by atoms with Gasteiger partial charge in [0.1, 0.15) is 0 Å². The Kier molecular flexibility index (Phi) is 5.98. The van der Waals surface area contributed by atoms with Crippen LogP contribution in [0.1, 0.15) is 42.1 Å². The number of anilines is 1. The molecule has 0 aliphatic heterocycles. The van der Waals surface area contributed by atoms with E-state index in [1.165, 1.54) is 0 Å². The van der Waals surface area contributed by atoms with Crippen molar-refractivity contribution in [3.8, 4) is 0 Å². The first-order valence-electron chi connectivity index (χ1n) is 10.7. The lowest BCUT2D eigenvalue weighted by Crippen LogP contribution is -2.37. The summed E-state index contributed by atoms with van der Waals surface area (Å²) >= 11 is 0. The number of hydrogen-bond acceptors (Lipinski definition) is 4. The Morgan fingerprint density at radius 1 is 0.933 bits per heavy atom. The van der Waals surface area contributed by atoms with Gasteiger partial charge in [0.25, 0.3) is 5.91 Å². The zero-order chi connectivity index (χ0) is 21.1. The van der Waals surface area contributed by atoms with Crippen molar-refractivity contribution in [3.05, 3.63) is 65.7 Å². The lowest BCUT2D eigenvalue weighted by Gasteiger charge is -2.28. The predicted octanol–water partition coefficient (Wildman–Crippen LogP) is 4.28. The van der Waals surface area contributed by atoms with Crippen LogP contribution in [0, 0.1) is 23.7 Å². The van der Waals surface area contributed by atoms with E-state index in [2.05, 4.69) is 5.32 Å². The van der Waals surface area contributed by atoms with Crippen LogP contribution >= 0.6 is 0 Å². The number of ketones is 1. The van der Waals surface area contributed by atoms with Crippen LogP contribution in [-0.4, -0.2) is 24.3 Å². The third-order valence-corrected chi connectivity index (χ3v) is 6.57. The Bertz CT molecular complexity index is 939. The summed E-state index contributed by atoms with van der Waals surface area (Å²) < 4.78 is 5.40. The van der Waals surface area contributed by atoms with Gasteiger partial charge in [0.2, 0.25) is 0 Å². The number of para-hydroxylation sites is 1. The highest BCUT2D eigenvalue weighted by Gasteiger charge is 2.54. The minimum absolute atomic E-state index is 0.0195. The number of amides is 1. The molecule has 2 aliphatic carbocycles. The molecule has 2 fully saturated rings. The van der Waals surface area contributed by atoms with Crippen molar-refractivity contribution >= 4 is 23.3 Å². The van der Waals surface area contributed by atoms with Crippen molar-refractivity contribution in [1.82, 2.24) is 0 Å². The molecule has 2 saturated carbocycles. The topological polar surface area (TPSA) is 72.5 Å². The van der Waals surface area contributed by atoms with Gasteiger partial charge in [-0.1, -0.05) is 55.5 Å². The van der Waals surface area contributed by atoms with E-state index in [0.29, 0.717) is 5.56 Å². The summed E-state index contributed by atoms with van der Waals surface area (Å²) in [7, 11) is 0. The molecule has 0 spiro atoms. The van der Waals surface area contributed by atoms with Gasteiger partial charge in [-0.05, 0) is 49.1 Å². The van der Waals surface area contributed by atoms with Gasteiger partial charge in [0.05, 0.1) is 5.92 Å². The number of benzene rings is 2. The number of esters is 1. The third-order valence-electron chi connectivity index (χ3n) is 6.57. The van der Waals surface area contributed by atoms with E-state index < -0.39 is 11.9 Å². The molecule has 2 aromatic carbocycles. The SMILES string of the molecule is CCc1ccccc1NC(=O)COC(=O)[C@H]1[C@H]2CC[C@@H](C2)[C@H]1C(=O)c1ccccc1. The van der Waals surface area contributed by atoms with Crippen LogP contribution in [0.2, 0.25) is 0 Å². The molecule has 0 saturated heterocycles. The number of fused-ring (bicyclic) bond motifs is 2. The predicted molar refractivity (Wildman–Crippen MR) is 114 cm³/mol. The number of Topliss-reactive ketones (excluding diaryl/α,β-unsaturated/α-hetero) is 1. The van der Waals surface area contributed by atoms with E-state index in [-0.39, 0.29) is 36.1 Å². The average Bonchev–Trinajstić information content (AvgIpc) is 3.40. The monoisotopic (exact) mass is 405 g/mol. The summed E-state index contributed by atoms with van der Waals surface area (Å²) in [6, 6.07) is 16.7. The molecular formula is C25H27NO4. The Balaban J connectivity index is 1.40. The minimum Gasteiger partial charge on any atom is -0.455 e. The van der Waals surface area contributed by atoms with Crippen LogP contribution in [0.15, 0.2) is 54.6 Å². The Morgan fingerprint density at radius 2 is 1.60 bits per heavy atom. The zero-order valence-corrected chi connectivity index (χ0v) is 17.2. The van der Waals surface area contributed by atoms with E-state index in [9.17, 15) is 14.4 Å². The lowest BCUT2D eigenvalue weighted by atomic mass is 9.75. The molecule has 0 heterocycles. The maximum Gasteiger partial charge on any atom is 0.310 e. The quantitative estimate of drug-likeness (QED) is 0.551. The van der Waals surface area contributed by atoms with Gasteiger partial charge in [-0.25, -0.2) is 0 Å². The summed E-state index contributed by atoms with van der Waals surface area (Å²) in [4.78, 5) is 38.4. The normalized spacial score (nSPS) is 24.4. The molecule has 2 aliphatic rings. The number of carbonyl (C=O) groups excluding carboxylic acids is 3. The largest absolute Gasteiger partial charge is 0.455 e. The second kappa shape index (κ2) is 8.82. The van der Waals surface area contributed by atoms with Crippen molar-refractivity contribution in [2.45, 2.75) is 32.6 Å². The van der Waals surface area contributed by atoms with Gasteiger partial charge in [-0.15, -0.1) is 0 Å². The van der Waals surface area contributed by atoms with Crippen LogP contribution in [0.5, 0.6) is 0 Å². The summed E-state index contributed by atoms with van der Waals surface area (Å²) in [5.74, 6) is -1.16. The number of aryl methyl sites for hydroxylation is 1. The number of hydrogen-bond donors (Lipinski definition) is 1. The van der Waals surface area contributed by atoms with Crippen LogP contribution in [0.3, 0.4) is 0 Å². The van der Waals surface area contributed by atoms with Gasteiger partial charge in [0.15, 0.2) is 12.4 Å². The van der Waals surface area contributed by atoms with Crippen molar-refractivity contribution in [1.29, 1.82) is 0 Å². The highest BCUT2D eigenvalue weighted by molar-refractivity contribution is 6.01. The molecule has 2 aromatic rings. The number of ether oxygens (including phenoxy) is 1. The summed E-state index contributed by atoms with van der Waals surface area (Å²) in [6.07, 6.45) is 3.61. The van der Waals surface area contributed by atoms with Crippen LogP contribution < -0.4 is 5.32 Å². The molecule has 156 valence electrons. The molecule has 1 N–H and O–H groups in total. The third kappa shape index (κ3) is 4.02. The minimum atomic E-state index is -0.452. The fraction of sp³-hybridized carbons (Fsp3) is 0.400. The molecule has 4 rings (SSSR count). The molecule has 30 heavy (non-hydrogen) atoms. The summed E-state index contributed by atoms with van der Waals surface area (Å²) in [6.45, 7) is 1.68. The van der Waals surface area contributed by atoms with Gasteiger partial charge < -0.3 is 10.1 Å². The summed E-state index contributed by atoms with van der Waals surface area (Å²) in [5.41, 5.74) is 2.40. The van der Waals surface area contributed by atoms with Gasteiger partial charge >= 0.3 is 5.97 Å². The van der Waals surface area contributed by atoms with Crippen molar-refractivity contribution in [3.63, 3.8) is 0 Å². The first-order chi connectivity index (χ1) is 14.6. The number of carbonyl (C=O) groups is 3. The van der Waals surface area contributed by atoms with Gasteiger partial charge in [-0.2, -0.15) is 0 Å². The first kappa shape index (κ1) is 20.3. The molecule has 0 aromatic heterocycles. The molecule has 5 nitrogen and oxygen atoms in total. The van der Waals surface area contributed by atoms with Gasteiger partial charge in [0, 0.05) is 17.2 Å². The maximum absolute atomic E-state index is 13.1. The van der Waals surface area contributed by atoms with Crippen LogP contribution in [0.25, 0.3) is 0 Å². The molecule has 0 unspecified atom stereocenters. The van der Waals surface area contributed by atoms with E-state index in [1.54, 1.807) is 12.1 Å². The molecule has 0 radical (unpaired) electrons. The summed E-state index contributed by atoms with van der Waals surface area (Å²) in [5, 5.41) is 2.82. The highest BCUT2D eigenvalue weighted by Crippen LogP contribution is 2.53. The van der Waals surface area contributed by atoms with Crippen LogP contribution in [-0.2, 0) is 20.7 Å². The second-order valence-electron chi connectivity index (χ2n) is 8.28. The van der Waals surface area contributed by atoms with Crippen molar-refractivity contribution in [2.24, 2.45) is 23.7 Å². The van der Waals surface area contributed by atoms with E-state index in [0.717, 1.165) is 36.9 Å². The zero-order valence-electron chi connectivity index (χ0n) is 17.2. The first-order valence-corrected chi connectivity index (χ1v) is 10.7. The molecule has 5 heteroatoms. The molecule has 1 amide bonds. The smallest absolute Gasteiger partial charge is 0.310 e. The highest BCUT2D eigenvalue weighted by atomic mass is 16.5. The van der Waals surface area contributed by atoms with Crippen LogP contribution in [0.4, 0.5) is 5.69 Å². The second-order valence-corrected chi connectivity index (χ2v) is 8.28. The van der Waals surface area contributed by atoms with E-state index in [4.69, 9.17) is 4.74 Å². The molecule has 4 atom stereocenters. The number of nitrogens with one attached hydrogen (secondary N) is 1. The van der Waals surface area contributed by atoms with Gasteiger partial charge in [-0.3, -0.25) is 14.4 Å². The lowest BCUT2D eigenvalue weighted by molar-refractivity contribution is -0.154. The Labute approximate surface area is 176 Å². The molecule has 2 bridgehead atoms. The van der Waals surface area contributed by atoms with E-state index in [1.807, 2.05) is 49.4 Å². The Hall–Kier alpha value is -2.95. The fourth-order valence-corrected chi connectivity index (χ4v) is 5.17. The Morgan fingerprint density at radius 3 is 2.33 bits per heavy atom. The van der Waals surface area contributed by atoms with Crippen molar-refractivity contribution < 1.29 is 19.1 Å². The molecular weight excluding hydrogens is 378 g/mol. The number of rotatable bonds is 7. The van der Waals surface area contributed by atoms with Crippen molar-refractivity contribution in [2.75, 3.05) is 11.9 Å². The van der Waals surface area contributed by atoms with E-state index >= 15 is 0 Å². The average molecular weight is 405 g/mol. The standard InChI is InChI=1S/C25H27NO4/c1-2-16-8-6-7-11-20(16)26-21(27)15-30-25(29)23-19-13-12-18(14-19)22(23)24(28)17-9-4-3-5-10-17/h3-11,18-19,22-23H,2,12-15H2,1H3,(H,26,27)/t18-,19-,22+,23-/m0/s1.